The molecule has 1 atom stereocenters. The molecule has 1 fully saturated rings. The zero-order valence-electron chi connectivity index (χ0n) is 11.2. The third kappa shape index (κ3) is 3.89. The Balaban J connectivity index is 2.14. The van der Waals surface area contributed by atoms with Crippen LogP contribution in [0.4, 0.5) is 0 Å². The molecule has 7 heteroatoms. The number of hydrogen-bond acceptors (Lipinski definition) is 5. The van der Waals surface area contributed by atoms with Crippen LogP contribution in [0.2, 0.25) is 0 Å². The number of carboxylic acids is 1. The Morgan fingerprint density at radius 2 is 2.37 bits per heavy atom. The normalized spacial score (nSPS) is 19.2. The largest absolute Gasteiger partial charge is 0.481 e. The molecular formula is C12H19N3O2S2. The first-order chi connectivity index (χ1) is 9.08. The minimum Gasteiger partial charge on any atom is -0.481 e. The fourth-order valence-corrected chi connectivity index (χ4v) is 4.05. The van der Waals surface area contributed by atoms with Crippen LogP contribution in [-0.2, 0) is 11.3 Å². The highest BCUT2D eigenvalue weighted by molar-refractivity contribution is 8.00. The molecule has 1 aromatic rings. The van der Waals surface area contributed by atoms with Gasteiger partial charge in [-0.1, -0.05) is 25.6 Å². The van der Waals surface area contributed by atoms with Crippen LogP contribution in [0.15, 0.2) is 5.16 Å². The van der Waals surface area contributed by atoms with Crippen LogP contribution in [0.5, 0.6) is 0 Å². The molecule has 1 saturated heterocycles. The van der Waals surface area contributed by atoms with Crippen LogP contribution >= 0.6 is 23.5 Å². The van der Waals surface area contributed by atoms with E-state index < -0.39 is 5.97 Å². The van der Waals surface area contributed by atoms with Crippen LogP contribution in [-0.4, -0.2) is 42.6 Å². The molecule has 0 bridgehead atoms. The van der Waals surface area contributed by atoms with Crippen molar-refractivity contribution in [2.45, 2.75) is 49.6 Å². The predicted molar refractivity (Wildman–Crippen MR) is 78.0 cm³/mol. The molecule has 1 unspecified atom stereocenters. The highest BCUT2D eigenvalue weighted by atomic mass is 32.2. The van der Waals surface area contributed by atoms with Crippen molar-refractivity contribution >= 4 is 29.5 Å². The van der Waals surface area contributed by atoms with Gasteiger partial charge in [0.15, 0.2) is 5.16 Å². The van der Waals surface area contributed by atoms with Crippen LogP contribution in [0.3, 0.4) is 0 Å². The van der Waals surface area contributed by atoms with Gasteiger partial charge in [-0.3, -0.25) is 4.79 Å². The summed E-state index contributed by atoms with van der Waals surface area (Å²) in [5.41, 5.74) is 0. The lowest BCUT2D eigenvalue weighted by Crippen LogP contribution is -2.15. The second-order valence-corrected chi connectivity index (χ2v) is 7.27. The average Bonchev–Trinajstić information content (AvgIpc) is 2.96. The number of rotatable bonds is 6. The summed E-state index contributed by atoms with van der Waals surface area (Å²) in [6, 6.07) is 0. The first-order valence-electron chi connectivity index (χ1n) is 6.47. The lowest BCUT2D eigenvalue weighted by Gasteiger charge is -2.15. The van der Waals surface area contributed by atoms with Crippen molar-refractivity contribution in [3.05, 3.63) is 5.82 Å². The van der Waals surface area contributed by atoms with E-state index in [0.29, 0.717) is 11.2 Å². The van der Waals surface area contributed by atoms with Gasteiger partial charge < -0.3 is 9.67 Å². The van der Waals surface area contributed by atoms with Crippen molar-refractivity contribution in [3.8, 4) is 0 Å². The van der Waals surface area contributed by atoms with E-state index >= 15 is 0 Å². The van der Waals surface area contributed by atoms with Gasteiger partial charge in [0.05, 0.1) is 5.75 Å². The second-order valence-electron chi connectivity index (χ2n) is 4.92. The van der Waals surface area contributed by atoms with Crippen molar-refractivity contribution in [1.82, 2.24) is 14.8 Å². The van der Waals surface area contributed by atoms with Crippen LogP contribution in [0, 0.1) is 0 Å². The van der Waals surface area contributed by atoms with Gasteiger partial charge in [-0.05, 0) is 18.6 Å². The maximum Gasteiger partial charge on any atom is 0.313 e. The lowest BCUT2D eigenvalue weighted by molar-refractivity contribution is -0.133. The molecule has 0 radical (unpaired) electrons. The Kier molecular flexibility index (Phi) is 5.15. The first-order valence-corrected chi connectivity index (χ1v) is 8.50. The van der Waals surface area contributed by atoms with E-state index in [4.69, 9.17) is 5.11 Å². The van der Waals surface area contributed by atoms with Gasteiger partial charge in [-0.2, -0.15) is 11.8 Å². The molecule has 1 N–H and O–H groups in total. The summed E-state index contributed by atoms with van der Waals surface area (Å²) in [4.78, 5) is 10.7. The van der Waals surface area contributed by atoms with E-state index in [2.05, 4.69) is 28.6 Å². The zero-order chi connectivity index (χ0) is 13.8. The molecule has 1 aromatic heterocycles. The third-order valence-corrected chi connectivity index (χ3v) is 5.33. The van der Waals surface area contributed by atoms with Crippen LogP contribution < -0.4 is 0 Å². The molecule has 0 aromatic carbocycles. The molecule has 0 spiro atoms. The SMILES string of the molecule is CC(C)c1nnc(SCC(=O)O)n1CC1CCCS1. The Morgan fingerprint density at radius 1 is 1.58 bits per heavy atom. The monoisotopic (exact) mass is 301 g/mol. The van der Waals surface area contributed by atoms with Crippen molar-refractivity contribution in [2.24, 2.45) is 0 Å². The molecule has 5 nitrogen and oxygen atoms in total. The smallest absolute Gasteiger partial charge is 0.313 e. The number of carbonyl (C=O) groups is 1. The number of carboxylic acid groups (broad SMARTS) is 1. The van der Waals surface area contributed by atoms with Gasteiger partial charge in [-0.15, -0.1) is 10.2 Å². The molecule has 0 aliphatic carbocycles. The summed E-state index contributed by atoms with van der Waals surface area (Å²) < 4.78 is 2.11. The summed E-state index contributed by atoms with van der Waals surface area (Å²) >= 11 is 3.25. The molecule has 19 heavy (non-hydrogen) atoms. The summed E-state index contributed by atoms with van der Waals surface area (Å²) in [6.07, 6.45) is 2.50. The third-order valence-electron chi connectivity index (χ3n) is 3.00. The Labute approximate surface area is 121 Å². The summed E-state index contributed by atoms with van der Waals surface area (Å²) in [7, 11) is 0. The summed E-state index contributed by atoms with van der Waals surface area (Å²) in [5.74, 6) is 1.70. The van der Waals surface area contributed by atoms with Crippen LogP contribution in [0.1, 0.15) is 38.4 Å². The van der Waals surface area contributed by atoms with Crippen molar-refractivity contribution < 1.29 is 9.90 Å². The Morgan fingerprint density at radius 3 is 2.95 bits per heavy atom. The van der Waals surface area contributed by atoms with E-state index in [1.54, 1.807) is 0 Å². The fraction of sp³-hybridized carbons (Fsp3) is 0.750. The zero-order valence-corrected chi connectivity index (χ0v) is 12.8. The second kappa shape index (κ2) is 6.65. The molecule has 1 aliphatic rings. The van der Waals surface area contributed by atoms with Gasteiger partial charge in [0, 0.05) is 17.7 Å². The molecule has 106 valence electrons. The van der Waals surface area contributed by atoms with Gasteiger partial charge in [0.1, 0.15) is 5.82 Å². The van der Waals surface area contributed by atoms with Crippen molar-refractivity contribution in [1.29, 1.82) is 0 Å². The Hall–Kier alpha value is -0.690. The molecular weight excluding hydrogens is 282 g/mol. The summed E-state index contributed by atoms with van der Waals surface area (Å²) in [5, 5.41) is 18.5. The van der Waals surface area contributed by atoms with Crippen LogP contribution in [0.25, 0.3) is 0 Å². The summed E-state index contributed by atoms with van der Waals surface area (Å²) in [6.45, 7) is 5.08. The molecule has 0 amide bonds. The van der Waals surface area contributed by atoms with E-state index in [9.17, 15) is 4.79 Å². The highest BCUT2D eigenvalue weighted by Gasteiger charge is 2.22. The minimum atomic E-state index is -0.819. The Bertz CT molecular complexity index is 442. The number of hydrogen-bond donors (Lipinski definition) is 1. The van der Waals surface area contributed by atoms with Gasteiger partial charge in [0.2, 0.25) is 0 Å². The van der Waals surface area contributed by atoms with E-state index in [1.807, 2.05) is 11.8 Å². The fourth-order valence-electron chi connectivity index (χ4n) is 2.12. The minimum absolute atomic E-state index is 0.0358. The van der Waals surface area contributed by atoms with Gasteiger partial charge in [-0.25, -0.2) is 0 Å². The van der Waals surface area contributed by atoms with Gasteiger partial charge in [0.25, 0.3) is 0 Å². The first kappa shape index (κ1) is 14.7. The maximum absolute atomic E-state index is 10.7. The molecule has 0 saturated carbocycles. The van der Waals surface area contributed by atoms with Gasteiger partial charge >= 0.3 is 5.97 Å². The van der Waals surface area contributed by atoms with Crippen molar-refractivity contribution in [2.75, 3.05) is 11.5 Å². The standard InChI is InChI=1S/C12H19N3O2S2/c1-8(2)11-13-14-12(19-7-10(16)17)15(11)6-9-4-3-5-18-9/h8-9H,3-7H2,1-2H3,(H,16,17). The number of aromatic nitrogens is 3. The lowest BCUT2D eigenvalue weighted by atomic mass is 10.2. The van der Waals surface area contributed by atoms with E-state index in [-0.39, 0.29) is 5.75 Å². The number of nitrogens with zero attached hydrogens (tertiary/aromatic N) is 3. The topological polar surface area (TPSA) is 68.0 Å². The van der Waals surface area contributed by atoms with E-state index in [1.165, 1.54) is 30.4 Å². The maximum atomic E-state index is 10.7. The molecule has 2 rings (SSSR count). The highest BCUT2D eigenvalue weighted by Crippen LogP contribution is 2.30. The van der Waals surface area contributed by atoms with E-state index in [0.717, 1.165) is 17.5 Å². The predicted octanol–water partition coefficient (Wildman–Crippen LogP) is 2.47. The molecule has 2 heterocycles. The number of thioether (sulfide) groups is 2. The quantitative estimate of drug-likeness (QED) is 0.814. The average molecular weight is 301 g/mol. The number of aliphatic carboxylic acids is 1. The van der Waals surface area contributed by atoms with Crippen molar-refractivity contribution in [3.63, 3.8) is 0 Å². The molecule has 1 aliphatic heterocycles.